The highest BCUT2D eigenvalue weighted by Crippen LogP contribution is 2.31. The summed E-state index contributed by atoms with van der Waals surface area (Å²) < 4.78 is 65.0. The molecule has 0 fully saturated rings. The molecule has 2 aromatic rings. The van der Waals surface area contributed by atoms with Gasteiger partial charge in [-0.3, -0.25) is 4.79 Å². The van der Waals surface area contributed by atoms with Crippen LogP contribution in [0.25, 0.3) is 0 Å². The number of benzene rings is 2. The minimum absolute atomic E-state index is 0.180. The van der Waals surface area contributed by atoms with Crippen LogP contribution in [0, 0.1) is 0 Å². The normalized spacial score (nSPS) is 16.5. The van der Waals surface area contributed by atoms with Gasteiger partial charge in [-0.15, -0.1) is 0 Å². The number of hydrogen-bond acceptors (Lipinski definition) is 3. The molecule has 0 saturated heterocycles. The third-order valence-corrected chi connectivity index (χ3v) is 4.89. The molecule has 0 atom stereocenters. The van der Waals surface area contributed by atoms with Crippen LogP contribution in [0.3, 0.4) is 0 Å². The van der Waals surface area contributed by atoms with E-state index in [1.54, 1.807) is 12.1 Å². The second-order valence-electron chi connectivity index (χ2n) is 5.15. The van der Waals surface area contributed by atoms with Gasteiger partial charge in [0, 0.05) is 0 Å². The van der Waals surface area contributed by atoms with E-state index < -0.39 is 27.9 Å². The van der Waals surface area contributed by atoms with Crippen LogP contribution in [0.15, 0.2) is 48.5 Å². The maximum atomic E-state index is 12.6. The molecule has 2 aromatic carbocycles. The highest BCUT2D eigenvalue weighted by atomic mass is 32.2. The minimum Gasteiger partial charge on any atom is -0.268 e. The summed E-state index contributed by atoms with van der Waals surface area (Å²) in [5, 5.41) is 0. The van der Waals surface area contributed by atoms with Crippen molar-refractivity contribution >= 4 is 21.8 Å². The molecule has 0 radical (unpaired) electrons. The first-order valence-corrected chi connectivity index (χ1v) is 8.22. The van der Waals surface area contributed by atoms with Crippen LogP contribution in [0.2, 0.25) is 0 Å². The van der Waals surface area contributed by atoms with Gasteiger partial charge in [0.05, 0.1) is 23.4 Å². The van der Waals surface area contributed by atoms with E-state index in [2.05, 4.69) is 0 Å². The first-order chi connectivity index (χ1) is 11.2. The van der Waals surface area contributed by atoms with E-state index in [0.29, 0.717) is 5.56 Å². The number of carbonyl (C=O) groups excluding carboxylic acids is 1. The van der Waals surface area contributed by atoms with Gasteiger partial charge < -0.3 is 0 Å². The molecule has 5 nitrogen and oxygen atoms in total. The molecule has 1 aliphatic heterocycles. The molecular weight excluding hydrogens is 345 g/mol. The molecule has 0 aliphatic carbocycles. The van der Waals surface area contributed by atoms with Gasteiger partial charge in [-0.05, 0) is 29.8 Å². The molecule has 1 N–H and O–H groups in total. The van der Waals surface area contributed by atoms with Crippen molar-refractivity contribution in [3.63, 3.8) is 0 Å². The van der Waals surface area contributed by atoms with Crippen LogP contribution in [0.1, 0.15) is 21.5 Å². The number of amides is 1. The van der Waals surface area contributed by atoms with Gasteiger partial charge in [-0.2, -0.15) is 21.6 Å². The summed E-state index contributed by atoms with van der Waals surface area (Å²) in [7, 11) is -4.11. The summed E-state index contributed by atoms with van der Waals surface area (Å²) in [6, 6.07) is 10.3. The SMILES string of the molecule is O=C1NS(=O)(=O)N(Cc2ccc(C(F)(F)F)cc2)c2ccccc21. The molecule has 1 aliphatic rings. The van der Waals surface area contributed by atoms with Crippen molar-refractivity contribution in [2.24, 2.45) is 0 Å². The molecule has 24 heavy (non-hydrogen) atoms. The molecule has 126 valence electrons. The molecular formula is C15H11F3N2O3S. The average molecular weight is 356 g/mol. The lowest BCUT2D eigenvalue weighted by Crippen LogP contribution is -2.48. The van der Waals surface area contributed by atoms with Crippen molar-refractivity contribution in [2.75, 3.05) is 4.31 Å². The fourth-order valence-electron chi connectivity index (χ4n) is 2.37. The summed E-state index contributed by atoms with van der Waals surface area (Å²) in [5.74, 6) is -0.741. The second kappa shape index (κ2) is 5.52. The Kier molecular flexibility index (Phi) is 3.75. The number of hydrogen-bond donors (Lipinski definition) is 1. The minimum atomic E-state index is -4.46. The monoisotopic (exact) mass is 356 g/mol. The van der Waals surface area contributed by atoms with Crippen molar-refractivity contribution < 1.29 is 26.4 Å². The standard InChI is InChI=1S/C15H11F3N2O3S/c16-15(17,18)11-7-5-10(6-8-11)9-20-13-4-2-1-3-12(13)14(21)19-24(20,22)23/h1-8H,9H2,(H,19,21). The molecule has 0 spiro atoms. The Morgan fingerprint density at radius 2 is 1.62 bits per heavy atom. The molecule has 1 amide bonds. The van der Waals surface area contributed by atoms with E-state index in [4.69, 9.17) is 0 Å². The van der Waals surface area contributed by atoms with Crippen molar-refractivity contribution in [3.05, 3.63) is 65.2 Å². The number of halogens is 3. The molecule has 9 heteroatoms. The zero-order valence-electron chi connectivity index (χ0n) is 12.0. The molecule has 1 heterocycles. The van der Waals surface area contributed by atoms with Crippen LogP contribution >= 0.6 is 0 Å². The Morgan fingerprint density at radius 3 is 2.25 bits per heavy atom. The summed E-state index contributed by atoms with van der Waals surface area (Å²) in [6.45, 7) is -0.197. The number of nitrogens with zero attached hydrogens (tertiary/aromatic N) is 1. The van der Waals surface area contributed by atoms with E-state index >= 15 is 0 Å². The van der Waals surface area contributed by atoms with Crippen molar-refractivity contribution in [3.8, 4) is 0 Å². The first-order valence-electron chi connectivity index (χ1n) is 6.78. The summed E-state index contributed by atoms with van der Waals surface area (Å²) in [4.78, 5) is 11.8. The van der Waals surface area contributed by atoms with Crippen LogP contribution in [0.5, 0.6) is 0 Å². The van der Waals surface area contributed by atoms with Crippen LogP contribution in [-0.2, 0) is 22.9 Å². The fourth-order valence-corrected chi connectivity index (χ4v) is 3.57. The fraction of sp³-hybridized carbons (Fsp3) is 0.133. The smallest absolute Gasteiger partial charge is 0.268 e. The zero-order chi connectivity index (χ0) is 17.5. The Balaban J connectivity index is 1.97. The van der Waals surface area contributed by atoms with Crippen LogP contribution in [0.4, 0.5) is 18.9 Å². The molecule has 0 bridgehead atoms. The summed E-state index contributed by atoms with van der Waals surface area (Å²) in [6.07, 6.45) is -4.46. The van der Waals surface area contributed by atoms with Gasteiger partial charge in [0.1, 0.15) is 0 Å². The summed E-state index contributed by atoms with van der Waals surface area (Å²) >= 11 is 0. The van der Waals surface area contributed by atoms with Gasteiger partial charge in [0.2, 0.25) is 0 Å². The first kappa shape index (κ1) is 16.3. The Labute approximate surface area is 135 Å². The maximum Gasteiger partial charge on any atom is 0.416 e. The molecule has 0 unspecified atom stereocenters. The number of anilines is 1. The number of rotatable bonds is 2. The lowest BCUT2D eigenvalue weighted by molar-refractivity contribution is -0.137. The number of carbonyl (C=O) groups is 1. The number of fused-ring (bicyclic) bond motifs is 1. The number of alkyl halides is 3. The Bertz CT molecular complexity index is 893. The lowest BCUT2D eigenvalue weighted by atomic mass is 10.1. The summed E-state index contributed by atoms with van der Waals surface area (Å²) in [5.41, 5.74) is -0.0978. The lowest BCUT2D eigenvalue weighted by Gasteiger charge is -2.30. The highest BCUT2D eigenvalue weighted by molar-refractivity contribution is 7.91. The predicted molar refractivity (Wildman–Crippen MR) is 80.5 cm³/mol. The predicted octanol–water partition coefficient (Wildman–Crippen LogP) is 2.70. The largest absolute Gasteiger partial charge is 0.416 e. The zero-order valence-corrected chi connectivity index (χ0v) is 12.9. The van der Waals surface area contributed by atoms with Crippen molar-refractivity contribution in [2.45, 2.75) is 12.7 Å². The van der Waals surface area contributed by atoms with E-state index in [0.717, 1.165) is 16.4 Å². The molecule has 0 saturated carbocycles. The molecule has 0 aromatic heterocycles. The van der Waals surface area contributed by atoms with Crippen LogP contribution in [-0.4, -0.2) is 14.3 Å². The molecule has 3 rings (SSSR count). The van der Waals surface area contributed by atoms with Gasteiger partial charge in [0.15, 0.2) is 0 Å². The number of nitrogens with one attached hydrogen (secondary N) is 1. The van der Waals surface area contributed by atoms with Crippen molar-refractivity contribution in [1.82, 2.24) is 4.72 Å². The van der Waals surface area contributed by atoms with Gasteiger partial charge in [-0.1, -0.05) is 24.3 Å². The van der Waals surface area contributed by atoms with E-state index in [9.17, 15) is 26.4 Å². The Hall–Kier alpha value is -2.55. The van der Waals surface area contributed by atoms with Gasteiger partial charge in [-0.25, -0.2) is 9.03 Å². The van der Waals surface area contributed by atoms with E-state index in [1.807, 2.05) is 4.72 Å². The topological polar surface area (TPSA) is 66.5 Å². The quantitative estimate of drug-likeness (QED) is 0.900. The van der Waals surface area contributed by atoms with E-state index in [1.165, 1.54) is 24.3 Å². The third kappa shape index (κ3) is 2.94. The number of para-hydroxylation sites is 1. The van der Waals surface area contributed by atoms with Crippen LogP contribution < -0.4 is 9.03 Å². The maximum absolute atomic E-state index is 12.6. The van der Waals surface area contributed by atoms with Gasteiger partial charge >= 0.3 is 16.4 Å². The van der Waals surface area contributed by atoms with Gasteiger partial charge in [0.25, 0.3) is 5.91 Å². The third-order valence-electron chi connectivity index (χ3n) is 3.54. The van der Waals surface area contributed by atoms with Crippen molar-refractivity contribution in [1.29, 1.82) is 0 Å². The average Bonchev–Trinajstić information content (AvgIpc) is 2.50. The van der Waals surface area contributed by atoms with E-state index in [-0.39, 0.29) is 17.8 Å². The highest BCUT2D eigenvalue weighted by Gasteiger charge is 2.34. The Morgan fingerprint density at radius 1 is 1.00 bits per heavy atom. The second-order valence-corrected chi connectivity index (χ2v) is 6.75.